The van der Waals surface area contributed by atoms with Gasteiger partial charge in [-0.1, -0.05) is 13.8 Å². The van der Waals surface area contributed by atoms with E-state index in [0.29, 0.717) is 0 Å². The van der Waals surface area contributed by atoms with Gasteiger partial charge >= 0.3 is 0 Å². The smallest absolute Gasteiger partial charge is 0.0136 e. The van der Waals surface area contributed by atoms with Crippen molar-refractivity contribution in [2.24, 2.45) is 11.8 Å². The lowest BCUT2D eigenvalue weighted by molar-refractivity contribution is 0.0368. The first-order valence-electron chi connectivity index (χ1n) is 6.76. The molecule has 2 aliphatic rings. The van der Waals surface area contributed by atoms with Crippen molar-refractivity contribution in [2.75, 3.05) is 26.2 Å². The third kappa shape index (κ3) is 2.73. The minimum Gasteiger partial charge on any atom is -0.317 e. The number of hydrogen-bond donors (Lipinski definition) is 1. The van der Waals surface area contributed by atoms with Crippen LogP contribution in [-0.2, 0) is 0 Å². The summed E-state index contributed by atoms with van der Waals surface area (Å²) in [4.78, 5) is 2.76. The van der Waals surface area contributed by atoms with Crippen molar-refractivity contribution in [2.45, 2.75) is 45.6 Å². The summed E-state index contributed by atoms with van der Waals surface area (Å²) in [6.45, 7) is 9.68. The average molecular weight is 210 g/mol. The number of rotatable bonds is 4. The van der Waals surface area contributed by atoms with Gasteiger partial charge in [-0.15, -0.1) is 0 Å². The van der Waals surface area contributed by atoms with Crippen LogP contribution in [0.2, 0.25) is 0 Å². The van der Waals surface area contributed by atoms with E-state index in [1.54, 1.807) is 0 Å². The molecule has 1 heterocycles. The Morgan fingerprint density at radius 2 is 1.87 bits per heavy atom. The zero-order valence-corrected chi connectivity index (χ0v) is 10.3. The third-order valence-corrected chi connectivity index (χ3v) is 4.32. The van der Waals surface area contributed by atoms with Crippen molar-refractivity contribution in [1.82, 2.24) is 10.2 Å². The highest BCUT2D eigenvalue weighted by Gasteiger charge is 2.35. The predicted octanol–water partition coefficient (Wildman–Crippen LogP) is 2.11. The van der Waals surface area contributed by atoms with E-state index in [-0.39, 0.29) is 0 Å². The van der Waals surface area contributed by atoms with E-state index in [1.165, 1.54) is 45.3 Å². The van der Waals surface area contributed by atoms with E-state index in [9.17, 15) is 0 Å². The summed E-state index contributed by atoms with van der Waals surface area (Å²) in [6, 6.07) is 0.913. The summed E-state index contributed by atoms with van der Waals surface area (Å²) in [5, 5.41) is 3.50. The van der Waals surface area contributed by atoms with Crippen LogP contribution in [0.15, 0.2) is 0 Å². The van der Waals surface area contributed by atoms with Crippen LogP contribution in [0.4, 0.5) is 0 Å². The highest BCUT2D eigenvalue weighted by Crippen LogP contribution is 2.34. The summed E-state index contributed by atoms with van der Waals surface area (Å²) in [5.74, 6) is 1.91. The predicted molar refractivity (Wildman–Crippen MR) is 65.0 cm³/mol. The maximum atomic E-state index is 3.50. The van der Waals surface area contributed by atoms with Crippen LogP contribution >= 0.6 is 0 Å². The molecule has 15 heavy (non-hydrogen) atoms. The van der Waals surface area contributed by atoms with Gasteiger partial charge in [0.2, 0.25) is 0 Å². The van der Waals surface area contributed by atoms with E-state index in [2.05, 4.69) is 24.1 Å². The van der Waals surface area contributed by atoms with Gasteiger partial charge in [0.05, 0.1) is 0 Å². The molecular weight excluding hydrogens is 184 g/mol. The first kappa shape index (κ1) is 11.4. The zero-order valence-electron chi connectivity index (χ0n) is 10.3. The second-order valence-corrected chi connectivity index (χ2v) is 5.43. The summed E-state index contributed by atoms with van der Waals surface area (Å²) in [6.07, 6.45) is 5.74. The fraction of sp³-hybridized carbons (Fsp3) is 1.00. The fourth-order valence-corrected chi connectivity index (χ4v) is 2.96. The first-order chi connectivity index (χ1) is 7.31. The molecule has 0 bridgehead atoms. The van der Waals surface area contributed by atoms with Crippen molar-refractivity contribution in [1.29, 1.82) is 0 Å². The molecule has 2 atom stereocenters. The molecule has 1 saturated carbocycles. The van der Waals surface area contributed by atoms with Crippen LogP contribution in [0.3, 0.4) is 0 Å². The molecule has 2 nitrogen and oxygen atoms in total. The fourth-order valence-electron chi connectivity index (χ4n) is 2.96. The molecule has 1 aliphatic carbocycles. The number of piperidine rings is 1. The summed E-state index contributed by atoms with van der Waals surface area (Å²) in [7, 11) is 0. The lowest BCUT2D eigenvalue weighted by atomic mass is 9.77. The molecular formula is C13H26N2. The number of nitrogens with one attached hydrogen (secondary N) is 1. The van der Waals surface area contributed by atoms with Crippen LogP contribution in [0.5, 0.6) is 0 Å². The normalized spacial score (nSPS) is 34.0. The molecule has 88 valence electrons. The molecule has 2 unspecified atom stereocenters. The molecule has 0 radical (unpaired) electrons. The Bertz CT molecular complexity index is 185. The first-order valence-corrected chi connectivity index (χ1v) is 6.76. The van der Waals surface area contributed by atoms with Gasteiger partial charge in [0.1, 0.15) is 0 Å². The number of hydrogen-bond acceptors (Lipinski definition) is 2. The van der Waals surface area contributed by atoms with Gasteiger partial charge in [-0.25, -0.2) is 0 Å². The van der Waals surface area contributed by atoms with Crippen molar-refractivity contribution in [3.05, 3.63) is 0 Å². The van der Waals surface area contributed by atoms with E-state index in [1.807, 2.05) is 0 Å². The van der Waals surface area contributed by atoms with E-state index in [4.69, 9.17) is 0 Å². The van der Waals surface area contributed by atoms with Crippen LogP contribution in [-0.4, -0.2) is 37.1 Å². The second-order valence-electron chi connectivity index (χ2n) is 5.43. The summed E-state index contributed by atoms with van der Waals surface area (Å²) in [5.41, 5.74) is 0. The molecule has 0 amide bonds. The van der Waals surface area contributed by atoms with Gasteiger partial charge in [0.15, 0.2) is 0 Å². The molecule has 1 N–H and O–H groups in total. The summed E-state index contributed by atoms with van der Waals surface area (Å²) < 4.78 is 0. The highest BCUT2D eigenvalue weighted by molar-refractivity contribution is 4.91. The molecule has 2 fully saturated rings. The maximum Gasteiger partial charge on any atom is 0.0136 e. The Hall–Kier alpha value is -0.0800. The van der Waals surface area contributed by atoms with Gasteiger partial charge in [-0.2, -0.15) is 0 Å². The molecule has 2 rings (SSSR count). The lowest BCUT2D eigenvalue weighted by Gasteiger charge is -2.47. The zero-order chi connectivity index (χ0) is 10.7. The van der Waals surface area contributed by atoms with Crippen LogP contribution in [0.1, 0.15) is 39.5 Å². The Morgan fingerprint density at radius 1 is 1.13 bits per heavy atom. The molecule has 1 aliphatic heterocycles. The molecule has 1 saturated heterocycles. The average Bonchev–Trinajstić information content (AvgIpc) is 2.20. The number of likely N-dealkylation sites (tertiary alicyclic amines) is 1. The van der Waals surface area contributed by atoms with Gasteiger partial charge in [0, 0.05) is 6.04 Å². The second kappa shape index (κ2) is 5.31. The Kier molecular flexibility index (Phi) is 4.04. The molecule has 2 heteroatoms. The van der Waals surface area contributed by atoms with Gasteiger partial charge in [-0.3, -0.25) is 0 Å². The molecule has 0 aromatic heterocycles. The topological polar surface area (TPSA) is 15.3 Å². The Labute approximate surface area is 94.4 Å². The Balaban J connectivity index is 1.74. The minimum atomic E-state index is 0.913. The quantitative estimate of drug-likeness (QED) is 0.764. The van der Waals surface area contributed by atoms with Crippen molar-refractivity contribution in [3.63, 3.8) is 0 Å². The standard InChI is InChI=1S/C13H26N2/c1-3-14-10-12-4-5-13(12)15-8-6-11(2)7-9-15/h11-14H,3-10H2,1-2H3. The summed E-state index contributed by atoms with van der Waals surface area (Å²) >= 11 is 0. The molecule has 0 aromatic carbocycles. The van der Waals surface area contributed by atoms with Crippen molar-refractivity contribution in [3.8, 4) is 0 Å². The van der Waals surface area contributed by atoms with Crippen LogP contribution < -0.4 is 5.32 Å². The van der Waals surface area contributed by atoms with Gasteiger partial charge in [-0.05, 0) is 63.7 Å². The van der Waals surface area contributed by atoms with Crippen LogP contribution in [0.25, 0.3) is 0 Å². The van der Waals surface area contributed by atoms with Gasteiger partial charge < -0.3 is 10.2 Å². The SMILES string of the molecule is CCNCC1CCC1N1CCC(C)CC1. The van der Waals surface area contributed by atoms with Crippen molar-refractivity contribution >= 4 is 0 Å². The third-order valence-electron chi connectivity index (χ3n) is 4.32. The van der Waals surface area contributed by atoms with E-state index in [0.717, 1.165) is 24.4 Å². The highest BCUT2D eigenvalue weighted by atomic mass is 15.2. The molecule has 0 aromatic rings. The Morgan fingerprint density at radius 3 is 2.40 bits per heavy atom. The van der Waals surface area contributed by atoms with Crippen molar-refractivity contribution < 1.29 is 0 Å². The maximum absolute atomic E-state index is 3.50. The van der Waals surface area contributed by atoms with Crippen LogP contribution in [0, 0.1) is 11.8 Å². The van der Waals surface area contributed by atoms with E-state index >= 15 is 0 Å². The monoisotopic (exact) mass is 210 g/mol. The van der Waals surface area contributed by atoms with E-state index < -0.39 is 0 Å². The lowest BCUT2D eigenvalue weighted by Crippen LogP contribution is -2.52. The largest absolute Gasteiger partial charge is 0.317 e. The van der Waals surface area contributed by atoms with Gasteiger partial charge in [0.25, 0.3) is 0 Å². The molecule has 0 spiro atoms. The minimum absolute atomic E-state index is 0.913. The number of nitrogens with zero attached hydrogens (tertiary/aromatic N) is 1.